The molecule has 1 aliphatic heterocycles. The molecule has 1 aliphatic rings. The van der Waals surface area contributed by atoms with E-state index >= 15 is 0 Å². The molecule has 1 atom stereocenters. The van der Waals surface area contributed by atoms with Crippen molar-refractivity contribution in [3.8, 4) is 5.75 Å². The average molecular weight is 467 g/mol. The Hall–Kier alpha value is -2.13. The van der Waals surface area contributed by atoms with Crippen molar-refractivity contribution >= 4 is 33.2 Å². The minimum Gasteiger partial charge on any atom is -0.495 e. The lowest BCUT2D eigenvalue weighted by Crippen LogP contribution is -2.40. The molecule has 31 heavy (non-hydrogen) atoms. The van der Waals surface area contributed by atoms with E-state index < -0.39 is 15.9 Å². The van der Waals surface area contributed by atoms with Crippen LogP contribution in [0.5, 0.6) is 5.75 Å². The van der Waals surface area contributed by atoms with Gasteiger partial charge in [-0.1, -0.05) is 37.6 Å². The van der Waals surface area contributed by atoms with Crippen molar-refractivity contribution in [1.29, 1.82) is 0 Å². The summed E-state index contributed by atoms with van der Waals surface area (Å²) < 4.78 is 38.2. The number of methoxy groups -OCH3 is 1. The molecule has 1 amide bonds. The van der Waals surface area contributed by atoms with Gasteiger partial charge in [-0.25, -0.2) is 8.42 Å². The third-order valence-electron chi connectivity index (χ3n) is 5.20. The van der Waals surface area contributed by atoms with E-state index in [0.717, 1.165) is 5.56 Å². The first kappa shape index (κ1) is 23.5. The summed E-state index contributed by atoms with van der Waals surface area (Å²) in [5.41, 5.74) is 1.23. The Labute approximate surface area is 188 Å². The number of nitrogens with zero attached hydrogens (tertiary/aromatic N) is 1. The average Bonchev–Trinajstić information content (AvgIpc) is 2.75. The molecule has 3 rings (SSSR count). The van der Waals surface area contributed by atoms with E-state index in [4.69, 9.17) is 21.1 Å². The molecular formula is C22H27ClN2O5S. The Bertz CT molecular complexity index is 1020. The summed E-state index contributed by atoms with van der Waals surface area (Å²) in [6, 6.07) is 11.8. The molecule has 2 aromatic carbocycles. The first-order chi connectivity index (χ1) is 14.7. The van der Waals surface area contributed by atoms with Crippen LogP contribution < -0.4 is 10.1 Å². The molecule has 0 saturated carbocycles. The number of halogens is 1. The molecule has 0 radical (unpaired) electrons. The van der Waals surface area contributed by atoms with Gasteiger partial charge in [0.2, 0.25) is 15.9 Å². The molecule has 1 heterocycles. The molecule has 1 fully saturated rings. The van der Waals surface area contributed by atoms with Gasteiger partial charge < -0.3 is 14.8 Å². The van der Waals surface area contributed by atoms with Crippen molar-refractivity contribution in [2.45, 2.75) is 24.7 Å². The number of hydrogen-bond donors (Lipinski definition) is 1. The number of ether oxygens (including phenoxy) is 2. The zero-order chi connectivity index (χ0) is 22.6. The maximum Gasteiger partial charge on any atom is 0.246 e. The van der Waals surface area contributed by atoms with Crippen molar-refractivity contribution in [3.63, 3.8) is 0 Å². The monoisotopic (exact) mass is 466 g/mol. The van der Waals surface area contributed by atoms with Crippen molar-refractivity contribution < 1.29 is 22.7 Å². The molecule has 1 saturated heterocycles. The van der Waals surface area contributed by atoms with Gasteiger partial charge in [0, 0.05) is 23.8 Å². The van der Waals surface area contributed by atoms with Gasteiger partial charge in [-0.05, 0) is 41.8 Å². The second-order valence-corrected chi connectivity index (χ2v) is 9.99. The predicted molar refractivity (Wildman–Crippen MR) is 120 cm³/mol. The third-order valence-corrected chi connectivity index (χ3v) is 7.37. The normalized spacial score (nSPS) is 16.2. The molecule has 0 aliphatic carbocycles. The number of rotatable bonds is 7. The lowest BCUT2D eigenvalue weighted by atomic mass is 9.87. The molecular weight excluding hydrogens is 440 g/mol. The molecule has 168 valence electrons. The number of benzene rings is 2. The molecule has 0 spiro atoms. The lowest BCUT2D eigenvalue weighted by Gasteiger charge is -2.27. The summed E-state index contributed by atoms with van der Waals surface area (Å²) in [5.74, 6) is -0.394. The zero-order valence-corrected chi connectivity index (χ0v) is 19.4. The van der Waals surface area contributed by atoms with Gasteiger partial charge in [0.05, 0.1) is 26.2 Å². The van der Waals surface area contributed by atoms with Crippen molar-refractivity contribution in [2.24, 2.45) is 5.92 Å². The first-order valence-electron chi connectivity index (χ1n) is 10.1. The van der Waals surface area contributed by atoms with E-state index in [1.165, 1.54) is 17.5 Å². The van der Waals surface area contributed by atoms with Crippen molar-refractivity contribution in [2.75, 3.05) is 38.7 Å². The number of anilines is 1. The lowest BCUT2D eigenvalue weighted by molar-refractivity contribution is -0.118. The Morgan fingerprint density at radius 2 is 1.77 bits per heavy atom. The van der Waals surface area contributed by atoms with Crippen molar-refractivity contribution in [1.82, 2.24) is 4.31 Å². The maximum atomic E-state index is 13.2. The summed E-state index contributed by atoms with van der Waals surface area (Å²) in [6.07, 6.45) is 0. The highest BCUT2D eigenvalue weighted by Gasteiger charge is 2.30. The van der Waals surface area contributed by atoms with Gasteiger partial charge in [0.15, 0.2) is 0 Å². The third kappa shape index (κ3) is 5.38. The SMILES string of the molecule is COc1ccc(NC(=O)[C@H](c2ccc(Cl)cc2)C(C)C)cc1S(=O)(=O)N1CCOCC1. The molecule has 0 unspecified atom stereocenters. The summed E-state index contributed by atoms with van der Waals surface area (Å²) >= 11 is 5.98. The van der Waals surface area contributed by atoms with E-state index in [9.17, 15) is 13.2 Å². The number of morpholine rings is 1. The number of carbonyl (C=O) groups excluding carboxylic acids is 1. The minimum absolute atomic E-state index is 0.0160. The minimum atomic E-state index is -3.79. The van der Waals surface area contributed by atoms with Crippen LogP contribution in [0.3, 0.4) is 0 Å². The van der Waals surface area contributed by atoms with Crippen LogP contribution in [0.2, 0.25) is 5.02 Å². The summed E-state index contributed by atoms with van der Waals surface area (Å²) in [5, 5.41) is 3.47. The fourth-order valence-corrected chi connectivity index (χ4v) is 5.33. The molecule has 7 nitrogen and oxygen atoms in total. The largest absolute Gasteiger partial charge is 0.495 e. The van der Waals surface area contributed by atoms with Gasteiger partial charge in [-0.2, -0.15) is 4.31 Å². The van der Waals surface area contributed by atoms with E-state index in [0.29, 0.717) is 23.9 Å². The number of sulfonamides is 1. The number of nitrogens with one attached hydrogen (secondary N) is 1. The van der Waals surface area contributed by atoms with Gasteiger partial charge in [-0.3, -0.25) is 4.79 Å². The smallest absolute Gasteiger partial charge is 0.246 e. The van der Waals surface area contributed by atoms with Crippen LogP contribution in [-0.4, -0.2) is 52.0 Å². The first-order valence-corrected chi connectivity index (χ1v) is 11.9. The fourth-order valence-electron chi connectivity index (χ4n) is 3.61. The van der Waals surface area contributed by atoms with Crippen LogP contribution in [0.15, 0.2) is 47.4 Å². The highest BCUT2D eigenvalue weighted by atomic mass is 35.5. The van der Waals surface area contributed by atoms with Gasteiger partial charge in [-0.15, -0.1) is 0 Å². The van der Waals surface area contributed by atoms with Crippen LogP contribution in [0, 0.1) is 5.92 Å². The van der Waals surface area contributed by atoms with E-state index in [1.54, 1.807) is 24.3 Å². The highest BCUT2D eigenvalue weighted by molar-refractivity contribution is 7.89. The quantitative estimate of drug-likeness (QED) is 0.671. The topological polar surface area (TPSA) is 84.9 Å². The van der Waals surface area contributed by atoms with Crippen molar-refractivity contribution in [3.05, 3.63) is 53.1 Å². The Kier molecular flexibility index (Phi) is 7.59. The Balaban J connectivity index is 1.90. The van der Waals surface area contributed by atoms with Crippen LogP contribution in [0.4, 0.5) is 5.69 Å². The van der Waals surface area contributed by atoms with Crippen LogP contribution >= 0.6 is 11.6 Å². The Morgan fingerprint density at radius 1 is 1.13 bits per heavy atom. The van der Waals surface area contributed by atoms with Crippen LogP contribution in [0.25, 0.3) is 0 Å². The molecule has 1 N–H and O–H groups in total. The molecule has 0 aromatic heterocycles. The van der Waals surface area contributed by atoms with Gasteiger partial charge >= 0.3 is 0 Å². The molecule has 2 aromatic rings. The summed E-state index contributed by atoms with van der Waals surface area (Å²) in [4.78, 5) is 13.1. The predicted octanol–water partition coefficient (Wildman–Crippen LogP) is 3.75. The summed E-state index contributed by atoms with van der Waals surface area (Å²) in [6.45, 7) is 5.15. The molecule has 9 heteroatoms. The number of amides is 1. The Morgan fingerprint density at radius 3 is 2.35 bits per heavy atom. The maximum absolute atomic E-state index is 13.2. The van der Waals surface area contributed by atoms with E-state index in [-0.39, 0.29) is 35.6 Å². The number of carbonyl (C=O) groups is 1. The fraction of sp³-hybridized carbons (Fsp3) is 0.409. The second-order valence-electron chi connectivity index (χ2n) is 7.64. The van der Waals surface area contributed by atoms with E-state index in [2.05, 4.69) is 5.32 Å². The van der Waals surface area contributed by atoms with Gasteiger partial charge in [0.25, 0.3) is 0 Å². The van der Waals surface area contributed by atoms with Crippen LogP contribution in [-0.2, 0) is 19.6 Å². The van der Waals surface area contributed by atoms with Gasteiger partial charge in [0.1, 0.15) is 10.6 Å². The second kappa shape index (κ2) is 9.99. The zero-order valence-electron chi connectivity index (χ0n) is 17.8. The number of hydrogen-bond acceptors (Lipinski definition) is 5. The summed E-state index contributed by atoms with van der Waals surface area (Å²) in [7, 11) is -2.38. The highest BCUT2D eigenvalue weighted by Crippen LogP contribution is 2.32. The standard InChI is InChI=1S/C22H27ClN2O5S/c1-15(2)21(16-4-6-17(23)7-5-16)22(26)24-18-8-9-19(29-3)20(14-18)31(27,28)25-10-12-30-13-11-25/h4-9,14-15,21H,10-13H2,1-3H3,(H,24,26)/t21-/m0/s1. The van der Waals surface area contributed by atoms with Crippen LogP contribution in [0.1, 0.15) is 25.3 Å². The molecule has 0 bridgehead atoms. The van der Waals surface area contributed by atoms with E-state index in [1.807, 2.05) is 26.0 Å².